The highest BCUT2D eigenvalue weighted by molar-refractivity contribution is 5.97. The lowest BCUT2D eigenvalue weighted by molar-refractivity contribution is -0.192. The number of rotatable bonds is 7. The van der Waals surface area contributed by atoms with Gasteiger partial charge in [-0.2, -0.15) is 13.2 Å². The van der Waals surface area contributed by atoms with Crippen molar-refractivity contribution in [3.05, 3.63) is 54.0 Å². The van der Waals surface area contributed by atoms with E-state index in [-0.39, 0.29) is 6.42 Å². The molecule has 1 aliphatic carbocycles. The SMILES string of the molecule is O=C(NC(Cc1ccncc1)C(=O)O)c1ccnc(NC2CCC2)c1.O=C(O)C(F)(F)F. The number of carboxylic acids is 2. The monoisotopic (exact) mass is 454 g/mol. The smallest absolute Gasteiger partial charge is 0.480 e. The summed E-state index contributed by atoms with van der Waals surface area (Å²) < 4.78 is 31.7. The minimum atomic E-state index is -5.08. The standard InChI is InChI=1S/C18H20N4O3.C2HF3O2/c23-17(13-6-9-20-16(11-13)21-14-2-1-3-14)22-15(18(24)25)10-12-4-7-19-8-5-12;3-2(4,5)1(6)7/h4-9,11,14-15H,1-3,10H2,(H,20,21)(H,22,23)(H,24,25);(H,6,7). The molecule has 32 heavy (non-hydrogen) atoms. The predicted octanol–water partition coefficient (Wildman–Crippen LogP) is 2.50. The molecular formula is C20H21F3N4O5. The summed E-state index contributed by atoms with van der Waals surface area (Å²) in [5.74, 6) is -3.63. The van der Waals surface area contributed by atoms with Crippen molar-refractivity contribution in [3.8, 4) is 0 Å². The molecular weight excluding hydrogens is 433 g/mol. The molecule has 12 heteroatoms. The normalized spacial score (nSPS) is 14.2. The first-order valence-corrected chi connectivity index (χ1v) is 9.51. The zero-order valence-electron chi connectivity index (χ0n) is 16.7. The Balaban J connectivity index is 0.000000451. The molecule has 9 nitrogen and oxygen atoms in total. The number of carbonyl (C=O) groups excluding carboxylic acids is 1. The van der Waals surface area contributed by atoms with Gasteiger partial charge in [-0.05, 0) is 49.1 Å². The molecule has 0 bridgehead atoms. The summed E-state index contributed by atoms with van der Waals surface area (Å²) in [5, 5.41) is 22.4. The van der Waals surface area contributed by atoms with Crippen molar-refractivity contribution in [2.24, 2.45) is 0 Å². The molecule has 0 saturated heterocycles. The second-order valence-corrected chi connectivity index (χ2v) is 6.93. The number of pyridine rings is 2. The van der Waals surface area contributed by atoms with Gasteiger partial charge >= 0.3 is 18.1 Å². The highest BCUT2D eigenvalue weighted by atomic mass is 19.4. The molecule has 0 spiro atoms. The maximum atomic E-state index is 12.4. The lowest BCUT2D eigenvalue weighted by atomic mass is 9.93. The van der Waals surface area contributed by atoms with E-state index in [1.807, 2.05) is 0 Å². The third-order valence-electron chi connectivity index (χ3n) is 4.51. The number of amides is 1. The van der Waals surface area contributed by atoms with E-state index in [0.29, 0.717) is 17.4 Å². The van der Waals surface area contributed by atoms with Crippen LogP contribution in [0.4, 0.5) is 19.0 Å². The summed E-state index contributed by atoms with van der Waals surface area (Å²) in [7, 11) is 0. The number of nitrogens with one attached hydrogen (secondary N) is 2. The first-order valence-electron chi connectivity index (χ1n) is 9.51. The molecule has 2 aromatic heterocycles. The third-order valence-corrected chi connectivity index (χ3v) is 4.51. The molecule has 172 valence electrons. The van der Waals surface area contributed by atoms with Crippen LogP contribution in [0, 0.1) is 0 Å². The fourth-order valence-electron chi connectivity index (χ4n) is 2.61. The zero-order chi connectivity index (χ0) is 23.7. The molecule has 4 N–H and O–H groups in total. The molecule has 2 heterocycles. The first-order chi connectivity index (χ1) is 15.1. The van der Waals surface area contributed by atoms with Gasteiger partial charge in [0.15, 0.2) is 0 Å². The van der Waals surface area contributed by atoms with Gasteiger partial charge in [-0.1, -0.05) is 0 Å². The lowest BCUT2D eigenvalue weighted by Gasteiger charge is -2.27. The van der Waals surface area contributed by atoms with Crippen LogP contribution in [0.2, 0.25) is 0 Å². The number of aliphatic carboxylic acids is 2. The average Bonchev–Trinajstić information content (AvgIpc) is 2.71. The maximum absolute atomic E-state index is 12.4. The Morgan fingerprint density at radius 3 is 2.22 bits per heavy atom. The summed E-state index contributed by atoms with van der Waals surface area (Å²) in [6, 6.07) is 6.09. The van der Waals surface area contributed by atoms with E-state index in [1.54, 1.807) is 42.9 Å². The summed E-state index contributed by atoms with van der Waals surface area (Å²) in [6.07, 6.45) is 3.26. The highest BCUT2D eigenvalue weighted by Gasteiger charge is 2.38. The number of carboxylic acid groups (broad SMARTS) is 2. The number of nitrogens with zero attached hydrogens (tertiary/aromatic N) is 2. The van der Waals surface area contributed by atoms with Crippen molar-refractivity contribution in [3.63, 3.8) is 0 Å². The second kappa shape index (κ2) is 11.1. The molecule has 0 aromatic carbocycles. The van der Waals surface area contributed by atoms with E-state index in [2.05, 4.69) is 20.6 Å². The summed E-state index contributed by atoms with van der Waals surface area (Å²) in [5.41, 5.74) is 1.18. The van der Waals surface area contributed by atoms with Gasteiger partial charge in [0.05, 0.1) is 0 Å². The number of alkyl halides is 3. The quantitative estimate of drug-likeness (QED) is 0.500. The van der Waals surface area contributed by atoms with Gasteiger partial charge in [-0.3, -0.25) is 9.78 Å². The molecule has 1 aliphatic rings. The van der Waals surface area contributed by atoms with Crippen molar-refractivity contribution < 1.29 is 37.8 Å². The van der Waals surface area contributed by atoms with E-state index in [1.165, 1.54) is 6.42 Å². The van der Waals surface area contributed by atoms with Gasteiger partial charge in [0.1, 0.15) is 11.9 Å². The van der Waals surface area contributed by atoms with Crippen LogP contribution in [0.1, 0.15) is 35.2 Å². The molecule has 2 aromatic rings. The second-order valence-electron chi connectivity index (χ2n) is 6.93. The molecule has 1 atom stereocenters. The van der Waals surface area contributed by atoms with Crippen molar-refractivity contribution in [2.45, 2.75) is 43.9 Å². The minimum absolute atomic E-state index is 0.196. The number of carbonyl (C=O) groups is 3. The van der Waals surface area contributed by atoms with Crippen molar-refractivity contribution in [2.75, 3.05) is 5.32 Å². The van der Waals surface area contributed by atoms with Crippen molar-refractivity contribution in [1.82, 2.24) is 15.3 Å². The highest BCUT2D eigenvalue weighted by Crippen LogP contribution is 2.22. The largest absolute Gasteiger partial charge is 0.490 e. The summed E-state index contributed by atoms with van der Waals surface area (Å²) in [6.45, 7) is 0. The van der Waals surface area contributed by atoms with E-state index < -0.39 is 30.1 Å². The van der Waals surface area contributed by atoms with Crippen LogP contribution in [0.5, 0.6) is 0 Å². The Labute approximate surface area is 180 Å². The van der Waals surface area contributed by atoms with E-state index in [4.69, 9.17) is 9.90 Å². The Bertz CT molecular complexity index is 936. The van der Waals surface area contributed by atoms with Crippen LogP contribution in [0.15, 0.2) is 42.9 Å². The fourth-order valence-corrected chi connectivity index (χ4v) is 2.61. The Hall–Kier alpha value is -3.70. The Morgan fingerprint density at radius 1 is 1.09 bits per heavy atom. The molecule has 1 fully saturated rings. The molecule has 0 radical (unpaired) electrons. The van der Waals surface area contributed by atoms with Crippen LogP contribution in [0.25, 0.3) is 0 Å². The van der Waals surface area contributed by atoms with E-state index >= 15 is 0 Å². The van der Waals surface area contributed by atoms with E-state index in [9.17, 15) is 27.9 Å². The van der Waals surface area contributed by atoms with Crippen molar-refractivity contribution >= 4 is 23.7 Å². The van der Waals surface area contributed by atoms with E-state index in [0.717, 1.165) is 18.4 Å². The molecule has 3 rings (SSSR count). The molecule has 1 amide bonds. The first kappa shape index (κ1) is 24.6. The van der Waals surface area contributed by atoms with Gasteiger partial charge in [-0.25, -0.2) is 14.6 Å². The summed E-state index contributed by atoms with van der Waals surface area (Å²) >= 11 is 0. The van der Waals surface area contributed by atoms with Crippen LogP contribution < -0.4 is 10.6 Å². The molecule has 0 aliphatic heterocycles. The molecule has 1 unspecified atom stereocenters. The van der Waals surface area contributed by atoms with Gasteiger partial charge in [0, 0.05) is 36.6 Å². The lowest BCUT2D eigenvalue weighted by Crippen LogP contribution is -2.42. The topological polar surface area (TPSA) is 142 Å². The van der Waals surface area contributed by atoms with Gasteiger partial charge in [0.25, 0.3) is 5.91 Å². The van der Waals surface area contributed by atoms with Gasteiger partial charge in [0.2, 0.25) is 0 Å². The number of aromatic nitrogens is 2. The number of halogens is 3. The predicted molar refractivity (Wildman–Crippen MR) is 106 cm³/mol. The van der Waals surface area contributed by atoms with Gasteiger partial charge < -0.3 is 20.8 Å². The van der Waals surface area contributed by atoms with Gasteiger partial charge in [-0.15, -0.1) is 0 Å². The summed E-state index contributed by atoms with van der Waals surface area (Å²) in [4.78, 5) is 40.9. The van der Waals surface area contributed by atoms with Crippen LogP contribution in [0.3, 0.4) is 0 Å². The van der Waals surface area contributed by atoms with Crippen LogP contribution in [-0.2, 0) is 16.0 Å². The zero-order valence-corrected chi connectivity index (χ0v) is 16.7. The number of hydrogen-bond donors (Lipinski definition) is 4. The molecule has 1 saturated carbocycles. The Morgan fingerprint density at radius 2 is 1.72 bits per heavy atom. The fraction of sp³-hybridized carbons (Fsp3) is 0.350. The van der Waals surface area contributed by atoms with Crippen LogP contribution >= 0.6 is 0 Å². The third kappa shape index (κ3) is 7.85. The minimum Gasteiger partial charge on any atom is -0.480 e. The van der Waals surface area contributed by atoms with Crippen molar-refractivity contribution in [1.29, 1.82) is 0 Å². The number of hydrogen-bond acceptors (Lipinski definition) is 6. The Kier molecular flexibility index (Phi) is 8.50. The number of anilines is 1. The van der Waals surface area contributed by atoms with Crippen LogP contribution in [-0.4, -0.2) is 56.3 Å². The maximum Gasteiger partial charge on any atom is 0.490 e. The average molecular weight is 454 g/mol.